The minimum Gasteiger partial charge on any atom is -0.508 e. The first-order valence-corrected chi connectivity index (χ1v) is 11.6. The molecule has 7 nitrogen and oxygen atoms in total. The summed E-state index contributed by atoms with van der Waals surface area (Å²) in [6.07, 6.45) is 2.16. The molecule has 1 fully saturated rings. The summed E-state index contributed by atoms with van der Waals surface area (Å²) in [7, 11) is 0. The van der Waals surface area contributed by atoms with E-state index in [2.05, 4.69) is 10.5 Å². The Labute approximate surface area is 203 Å². The lowest BCUT2D eigenvalue weighted by Gasteiger charge is -2.21. The molecule has 0 spiro atoms. The van der Waals surface area contributed by atoms with E-state index in [0.29, 0.717) is 39.5 Å². The number of carbonyl (C=O) groups is 1. The van der Waals surface area contributed by atoms with Crippen molar-refractivity contribution < 1.29 is 24.3 Å². The van der Waals surface area contributed by atoms with Gasteiger partial charge in [0.15, 0.2) is 11.5 Å². The molecule has 4 aromatic rings. The van der Waals surface area contributed by atoms with E-state index in [9.17, 15) is 15.0 Å². The predicted octanol–water partition coefficient (Wildman–Crippen LogP) is 5.17. The molecule has 2 heterocycles. The van der Waals surface area contributed by atoms with Gasteiger partial charge in [0.25, 0.3) is 0 Å². The lowest BCUT2D eigenvalue weighted by molar-refractivity contribution is 0.103. The summed E-state index contributed by atoms with van der Waals surface area (Å²) in [6, 6.07) is 20.2. The molecule has 2 atom stereocenters. The Hall–Kier alpha value is -4.10. The Kier molecular flexibility index (Phi) is 6.25. The van der Waals surface area contributed by atoms with Gasteiger partial charge in [0.05, 0.1) is 5.56 Å². The normalized spacial score (nSPS) is 16.2. The maximum atomic E-state index is 13.9. The highest BCUT2D eigenvalue weighted by Crippen LogP contribution is 2.35. The van der Waals surface area contributed by atoms with E-state index in [-0.39, 0.29) is 29.4 Å². The third kappa shape index (κ3) is 4.76. The van der Waals surface area contributed by atoms with Gasteiger partial charge in [-0.05, 0) is 87.0 Å². The smallest absolute Gasteiger partial charge is 0.199 e. The highest BCUT2D eigenvalue weighted by atomic mass is 16.5. The molecule has 0 aliphatic carbocycles. The molecule has 0 radical (unpaired) electrons. The van der Waals surface area contributed by atoms with Crippen LogP contribution in [0.5, 0.6) is 17.2 Å². The van der Waals surface area contributed by atoms with E-state index in [1.54, 1.807) is 42.5 Å². The zero-order valence-corrected chi connectivity index (χ0v) is 19.3. The molecule has 1 aliphatic rings. The first kappa shape index (κ1) is 22.7. The van der Waals surface area contributed by atoms with Crippen LogP contribution in [0.3, 0.4) is 0 Å². The number of rotatable bonds is 7. The lowest BCUT2D eigenvalue weighted by Crippen LogP contribution is -2.36. The van der Waals surface area contributed by atoms with Crippen molar-refractivity contribution in [2.45, 2.75) is 31.9 Å². The van der Waals surface area contributed by atoms with Crippen LogP contribution in [0.2, 0.25) is 0 Å². The number of ketones is 1. The van der Waals surface area contributed by atoms with Crippen molar-refractivity contribution in [2.75, 3.05) is 6.54 Å². The number of carbonyl (C=O) groups excluding carboxylic acids is 1. The Morgan fingerprint density at radius 1 is 1.03 bits per heavy atom. The summed E-state index contributed by atoms with van der Waals surface area (Å²) in [4.78, 5) is 13.9. The Morgan fingerprint density at radius 3 is 2.37 bits per heavy atom. The maximum absolute atomic E-state index is 13.9. The second kappa shape index (κ2) is 9.64. The molecule has 0 bridgehead atoms. The van der Waals surface area contributed by atoms with Gasteiger partial charge in [-0.3, -0.25) is 4.79 Å². The second-order valence-corrected chi connectivity index (χ2v) is 8.71. The van der Waals surface area contributed by atoms with Gasteiger partial charge in [-0.2, -0.15) is 0 Å². The van der Waals surface area contributed by atoms with Crippen molar-refractivity contribution in [3.8, 4) is 39.8 Å². The molecular formula is C28H26N2O5. The Balaban J connectivity index is 1.53. The molecule has 0 saturated carbocycles. The quantitative estimate of drug-likeness (QED) is 0.320. The van der Waals surface area contributed by atoms with Crippen LogP contribution in [-0.2, 0) is 0 Å². The van der Waals surface area contributed by atoms with Crippen LogP contribution in [0, 0.1) is 0 Å². The highest BCUT2D eigenvalue weighted by molar-refractivity contribution is 6.15. The molecular weight excluding hydrogens is 444 g/mol. The van der Waals surface area contributed by atoms with Crippen LogP contribution in [-0.4, -0.2) is 39.8 Å². The van der Waals surface area contributed by atoms with Crippen LogP contribution >= 0.6 is 0 Å². The third-order valence-corrected chi connectivity index (χ3v) is 6.27. The Bertz CT molecular complexity index is 1260. The molecule has 2 unspecified atom stereocenters. The molecule has 35 heavy (non-hydrogen) atoms. The number of benzene rings is 3. The molecule has 1 saturated heterocycles. The fraction of sp³-hybridized carbons (Fsp3) is 0.214. The van der Waals surface area contributed by atoms with Crippen LogP contribution < -0.4 is 10.1 Å². The summed E-state index contributed by atoms with van der Waals surface area (Å²) >= 11 is 0. The van der Waals surface area contributed by atoms with E-state index in [0.717, 1.165) is 19.4 Å². The molecule has 7 heteroatoms. The first-order valence-electron chi connectivity index (χ1n) is 11.6. The van der Waals surface area contributed by atoms with Gasteiger partial charge in [-0.1, -0.05) is 17.3 Å². The molecule has 3 aromatic carbocycles. The molecule has 1 aliphatic heterocycles. The SMILES string of the molecule is CC(Oc1cccc(C(=O)c2c(-c3ccc(O)cc3)noc2-c2ccc(O)cc2)c1)C1CCCN1. The second-order valence-electron chi connectivity index (χ2n) is 8.71. The highest BCUT2D eigenvalue weighted by Gasteiger charge is 2.27. The minimum atomic E-state index is -0.269. The zero-order chi connectivity index (χ0) is 24.4. The number of nitrogens with one attached hydrogen (secondary N) is 1. The summed E-state index contributed by atoms with van der Waals surface area (Å²) in [5, 5.41) is 27.0. The summed E-state index contributed by atoms with van der Waals surface area (Å²) in [6.45, 7) is 3.02. The lowest BCUT2D eigenvalue weighted by atomic mass is 9.95. The predicted molar refractivity (Wildman–Crippen MR) is 132 cm³/mol. The molecule has 0 amide bonds. The van der Waals surface area contributed by atoms with Crippen molar-refractivity contribution in [1.82, 2.24) is 10.5 Å². The van der Waals surface area contributed by atoms with Gasteiger partial charge in [0.2, 0.25) is 0 Å². The average Bonchev–Trinajstić information content (AvgIpc) is 3.56. The fourth-order valence-electron chi connectivity index (χ4n) is 4.39. The third-order valence-electron chi connectivity index (χ3n) is 6.27. The molecule has 1 aromatic heterocycles. The zero-order valence-electron chi connectivity index (χ0n) is 19.3. The number of phenolic OH excluding ortho intramolecular Hbond substituents is 2. The van der Waals surface area contributed by atoms with E-state index in [1.165, 1.54) is 24.3 Å². The standard InChI is InChI=1S/C28H26N2O5/c1-17(24-6-3-15-29-24)34-23-5-2-4-20(16-23)27(33)25-26(18-7-11-21(31)12-8-18)30-35-28(25)19-9-13-22(32)14-10-19/h2,4-5,7-14,16-17,24,29,31-32H,3,6,15H2,1H3. The van der Waals surface area contributed by atoms with Crippen molar-refractivity contribution >= 4 is 5.78 Å². The van der Waals surface area contributed by atoms with Gasteiger partial charge in [0, 0.05) is 22.7 Å². The number of ether oxygens (including phenoxy) is 1. The van der Waals surface area contributed by atoms with E-state index < -0.39 is 0 Å². The first-order chi connectivity index (χ1) is 17.0. The summed E-state index contributed by atoms with van der Waals surface area (Å²) in [5.74, 6) is 0.864. The number of aromatic hydroxyl groups is 2. The van der Waals surface area contributed by atoms with E-state index in [1.807, 2.05) is 13.0 Å². The summed E-state index contributed by atoms with van der Waals surface area (Å²) in [5.41, 5.74) is 2.35. The molecule has 178 valence electrons. The van der Waals surface area contributed by atoms with Crippen LogP contribution in [0.4, 0.5) is 0 Å². The van der Waals surface area contributed by atoms with Gasteiger partial charge < -0.3 is 24.8 Å². The molecule has 3 N–H and O–H groups in total. The topological polar surface area (TPSA) is 105 Å². The average molecular weight is 471 g/mol. The largest absolute Gasteiger partial charge is 0.508 e. The van der Waals surface area contributed by atoms with E-state index in [4.69, 9.17) is 9.26 Å². The summed E-state index contributed by atoms with van der Waals surface area (Å²) < 4.78 is 11.8. The van der Waals surface area contributed by atoms with Gasteiger partial charge in [-0.15, -0.1) is 0 Å². The van der Waals surface area contributed by atoms with Crippen molar-refractivity contribution in [3.05, 3.63) is 83.9 Å². The number of nitrogens with zero attached hydrogens (tertiary/aromatic N) is 1. The van der Waals surface area contributed by atoms with E-state index >= 15 is 0 Å². The van der Waals surface area contributed by atoms with Gasteiger partial charge >= 0.3 is 0 Å². The van der Waals surface area contributed by atoms with Crippen LogP contribution in [0.25, 0.3) is 22.6 Å². The van der Waals surface area contributed by atoms with Crippen molar-refractivity contribution in [3.63, 3.8) is 0 Å². The number of hydrogen-bond acceptors (Lipinski definition) is 7. The van der Waals surface area contributed by atoms with Gasteiger partial charge in [-0.25, -0.2) is 0 Å². The number of aromatic nitrogens is 1. The molecule has 5 rings (SSSR count). The fourth-order valence-corrected chi connectivity index (χ4v) is 4.39. The number of hydrogen-bond donors (Lipinski definition) is 3. The number of phenols is 2. The monoisotopic (exact) mass is 470 g/mol. The van der Waals surface area contributed by atoms with Gasteiger partial charge in [0.1, 0.15) is 29.0 Å². The minimum absolute atomic E-state index is 0.0291. The Morgan fingerprint density at radius 2 is 1.71 bits per heavy atom. The van der Waals surface area contributed by atoms with Crippen LogP contribution in [0.1, 0.15) is 35.7 Å². The maximum Gasteiger partial charge on any atom is 0.199 e. The van der Waals surface area contributed by atoms with Crippen molar-refractivity contribution in [2.24, 2.45) is 0 Å². The van der Waals surface area contributed by atoms with Crippen LogP contribution in [0.15, 0.2) is 77.3 Å². The van der Waals surface area contributed by atoms with Crippen molar-refractivity contribution in [1.29, 1.82) is 0 Å².